The van der Waals surface area contributed by atoms with Crippen LogP contribution in [-0.4, -0.2) is 0 Å². The molecule has 0 amide bonds. The van der Waals surface area contributed by atoms with Gasteiger partial charge in [-0.15, -0.1) is 0 Å². The highest BCUT2D eigenvalue weighted by Crippen LogP contribution is 2.46. The van der Waals surface area contributed by atoms with Crippen LogP contribution in [0.5, 0.6) is 0 Å². The summed E-state index contributed by atoms with van der Waals surface area (Å²) < 4.78 is 0. The van der Waals surface area contributed by atoms with Crippen LogP contribution in [0.1, 0.15) is 58.8 Å². The molecule has 1 saturated carbocycles. The zero-order valence-corrected chi connectivity index (χ0v) is 8.97. The Labute approximate surface area is 82.1 Å². The molecule has 0 bridgehead atoms. The number of nitriles is 1. The van der Waals surface area contributed by atoms with E-state index < -0.39 is 0 Å². The fourth-order valence-corrected chi connectivity index (χ4v) is 2.69. The number of nitrogens with zero attached hydrogens (tertiary/aromatic N) is 1. The van der Waals surface area contributed by atoms with Crippen LogP contribution in [0.2, 0.25) is 0 Å². The van der Waals surface area contributed by atoms with E-state index in [1.807, 2.05) is 0 Å². The Balaban J connectivity index is 2.67. The monoisotopic (exact) mass is 179 g/mol. The van der Waals surface area contributed by atoms with Crippen molar-refractivity contribution in [3.8, 4) is 6.07 Å². The second-order valence-corrected chi connectivity index (χ2v) is 4.57. The van der Waals surface area contributed by atoms with Gasteiger partial charge in [0, 0.05) is 6.42 Å². The summed E-state index contributed by atoms with van der Waals surface area (Å²) in [6.45, 7) is 4.57. The topological polar surface area (TPSA) is 23.8 Å². The maximum absolute atomic E-state index is 8.88. The van der Waals surface area contributed by atoms with Crippen LogP contribution in [0, 0.1) is 22.7 Å². The lowest BCUT2D eigenvalue weighted by molar-refractivity contribution is 0.109. The first-order valence-electron chi connectivity index (χ1n) is 5.62. The van der Waals surface area contributed by atoms with Gasteiger partial charge in [-0.2, -0.15) is 5.26 Å². The molecular weight excluding hydrogens is 158 g/mol. The van der Waals surface area contributed by atoms with Crippen molar-refractivity contribution in [2.75, 3.05) is 0 Å². The van der Waals surface area contributed by atoms with Gasteiger partial charge in [0.2, 0.25) is 0 Å². The molecule has 0 spiro atoms. The number of rotatable bonds is 3. The molecule has 1 fully saturated rings. The van der Waals surface area contributed by atoms with Gasteiger partial charge in [-0.05, 0) is 24.2 Å². The molecule has 0 aromatic rings. The van der Waals surface area contributed by atoms with Crippen molar-refractivity contribution in [2.24, 2.45) is 11.3 Å². The molecule has 1 atom stereocenters. The zero-order chi connectivity index (χ0) is 9.73. The summed E-state index contributed by atoms with van der Waals surface area (Å²) in [5.41, 5.74) is 0.377. The molecule has 0 radical (unpaired) electrons. The first-order valence-corrected chi connectivity index (χ1v) is 5.62. The van der Waals surface area contributed by atoms with Crippen molar-refractivity contribution in [1.29, 1.82) is 5.26 Å². The quantitative estimate of drug-likeness (QED) is 0.644. The molecule has 1 nitrogen and oxygen atoms in total. The molecule has 0 aliphatic heterocycles. The molecular formula is C12H21N. The lowest BCUT2D eigenvalue weighted by Gasteiger charge is -2.40. The molecule has 0 N–H and O–H groups in total. The second kappa shape index (κ2) is 4.65. The Morgan fingerprint density at radius 1 is 1.31 bits per heavy atom. The van der Waals surface area contributed by atoms with E-state index in [9.17, 15) is 0 Å². The largest absolute Gasteiger partial charge is 0.198 e. The lowest BCUT2D eigenvalue weighted by Crippen LogP contribution is -2.30. The Morgan fingerprint density at radius 3 is 2.38 bits per heavy atom. The van der Waals surface area contributed by atoms with Crippen LogP contribution < -0.4 is 0 Å². The van der Waals surface area contributed by atoms with E-state index in [4.69, 9.17) is 5.26 Å². The van der Waals surface area contributed by atoms with E-state index in [1.54, 1.807) is 0 Å². The molecule has 0 aromatic heterocycles. The SMILES string of the molecule is CCC(C)C1(CC#N)CCCCC1. The maximum atomic E-state index is 8.88. The van der Waals surface area contributed by atoms with Gasteiger partial charge in [-0.1, -0.05) is 39.5 Å². The van der Waals surface area contributed by atoms with Crippen molar-refractivity contribution >= 4 is 0 Å². The Morgan fingerprint density at radius 2 is 1.92 bits per heavy atom. The molecule has 0 aromatic carbocycles. The Bertz CT molecular complexity index is 184. The van der Waals surface area contributed by atoms with Gasteiger partial charge < -0.3 is 0 Å². The minimum atomic E-state index is 0.377. The van der Waals surface area contributed by atoms with E-state index in [2.05, 4.69) is 19.9 Å². The second-order valence-electron chi connectivity index (χ2n) is 4.57. The van der Waals surface area contributed by atoms with Gasteiger partial charge in [0.15, 0.2) is 0 Å². The highest BCUT2D eigenvalue weighted by molar-refractivity contribution is 4.93. The predicted molar refractivity (Wildman–Crippen MR) is 55.2 cm³/mol. The van der Waals surface area contributed by atoms with Crippen LogP contribution in [0.15, 0.2) is 0 Å². The summed E-state index contributed by atoms with van der Waals surface area (Å²) in [6, 6.07) is 2.39. The highest BCUT2D eigenvalue weighted by atomic mass is 14.4. The molecule has 13 heavy (non-hydrogen) atoms. The first-order chi connectivity index (χ1) is 6.25. The van der Waals surface area contributed by atoms with Gasteiger partial charge in [-0.25, -0.2) is 0 Å². The van der Waals surface area contributed by atoms with Gasteiger partial charge in [0.1, 0.15) is 0 Å². The minimum absolute atomic E-state index is 0.377. The van der Waals surface area contributed by atoms with Crippen molar-refractivity contribution in [3.05, 3.63) is 0 Å². The summed E-state index contributed by atoms with van der Waals surface area (Å²) in [5.74, 6) is 0.729. The van der Waals surface area contributed by atoms with Crippen molar-refractivity contribution in [3.63, 3.8) is 0 Å². The van der Waals surface area contributed by atoms with Crippen molar-refractivity contribution in [2.45, 2.75) is 58.8 Å². The fourth-order valence-electron chi connectivity index (χ4n) is 2.69. The maximum Gasteiger partial charge on any atom is 0.0627 e. The average molecular weight is 179 g/mol. The third kappa shape index (κ3) is 2.24. The lowest BCUT2D eigenvalue weighted by atomic mass is 9.64. The Hall–Kier alpha value is -0.510. The molecule has 1 aliphatic carbocycles. The van der Waals surface area contributed by atoms with E-state index in [0.717, 1.165) is 12.3 Å². The van der Waals surface area contributed by atoms with Crippen LogP contribution in [0.4, 0.5) is 0 Å². The smallest absolute Gasteiger partial charge is 0.0627 e. The molecule has 0 saturated heterocycles. The van der Waals surface area contributed by atoms with Crippen LogP contribution in [-0.2, 0) is 0 Å². The van der Waals surface area contributed by atoms with Crippen LogP contribution in [0.3, 0.4) is 0 Å². The number of hydrogen-bond acceptors (Lipinski definition) is 1. The van der Waals surface area contributed by atoms with Crippen LogP contribution in [0.25, 0.3) is 0 Å². The Kier molecular flexibility index (Phi) is 3.78. The molecule has 1 heteroatoms. The fraction of sp³-hybridized carbons (Fsp3) is 0.917. The summed E-state index contributed by atoms with van der Waals surface area (Å²) in [4.78, 5) is 0. The van der Waals surface area contributed by atoms with Gasteiger partial charge in [-0.3, -0.25) is 0 Å². The standard InChI is InChI=1S/C12H21N/c1-3-11(2)12(9-10-13)7-5-4-6-8-12/h11H,3-9H2,1-2H3. The van der Waals surface area contributed by atoms with Crippen LogP contribution >= 0.6 is 0 Å². The average Bonchev–Trinajstić information content (AvgIpc) is 2.18. The van der Waals surface area contributed by atoms with Crippen molar-refractivity contribution in [1.82, 2.24) is 0 Å². The third-order valence-electron chi connectivity index (χ3n) is 3.94. The normalized spacial score (nSPS) is 23.5. The van der Waals surface area contributed by atoms with E-state index in [0.29, 0.717) is 5.41 Å². The molecule has 1 aliphatic rings. The minimum Gasteiger partial charge on any atom is -0.198 e. The van der Waals surface area contributed by atoms with E-state index >= 15 is 0 Å². The summed E-state index contributed by atoms with van der Waals surface area (Å²) in [5, 5.41) is 8.88. The first kappa shape index (κ1) is 10.6. The predicted octanol–water partition coefficient (Wildman–Crippen LogP) is 3.90. The van der Waals surface area contributed by atoms with E-state index in [1.165, 1.54) is 38.5 Å². The molecule has 1 rings (SSSR count). The number of hydrogen-bond donors (Lipinski definition) is 0. The van der Waals surface area contributed by atoms with Crippen molar-refractivity contribution < 1.29 is 0 Å². The van der Waals surface area contributed by atoms with E-state index in [-0.39, 0.29) is 0 Å². The third-order valence-corrected chi connectivity index (χ3v) is 3.94. The molecule has 74 valence electrons. The highest BCUT2D eigenvalue weighted by Gasteiger charge is 2.35. The zero-order valence-electron chi connectivity index (χ0n) is 8.97. The van der Waals surface area contributed by atoms with Gasteiger partial charge in [0.25, 0.3) is 0 Å². The molecule has 0 heterocycles. The molecule has 1 unspecified atom stereocenters. The van der Waals surface area contributed by atoms with Gasteiger partial charge in [0.05, 0.1) is 6.07 Å². The summed E-state index contributed by atoms with van der Waals surface area (Å²) >= 11 is 0. The van der Waals surface area contributed by atoms with Gasteiger partial charge >= 0.3 is 0 Å². The summed E-state index contributed by atoms with van der Waals surface area (Å²) in [7, 11) is 0. The summed E-state index contributed by atoms with van der Waals surface area (Å²) in [6.07, 6.45) is 8.64.